The highest BCUT2D eigenvalue weighted by Crippen LogP contribution is 2.06. The van der Waals surface area contributed by atoms with Crippen molar-refractivity contribution in [2.45, 2.75) is 46.6 Å². The molecule has 0 aliphatic carbocycles. The molecule has 0 spiro atoms. The third kappa shape index (κ3) is 8.88. The zero-order valence-corrected chi connectivity index (χ0v) is 13.3. The molecule has 0 fully saturated rings. The van der Waals surface area contributed by atoms with Gasteiger partial charge >= 0.3 is 12.0 Å². The highest BCUT2D eigenvalue weighted by molar-refractivity contribution is 5.83. The van der Waals surface area contributed by atoms with Gasteiger partial charge in [0, 0.05) is 19.5 Å². The minimum absolute atomic E-state index is 0.00635. The summed E-state index contributed by atoms with van der Waals surface area (Å²) < 4.78 is 0. The first-order chi connectivity index (χ1) is 9.63. The minimum atomic E-state index is -1.17. The number of carboxylic acid groups (broad SMARTS) is 1. The van der Waals surface area contributed by atoms with Crippen LogP contribution in [0.2, 0.25) is 0 Å². The molecular formula is C14H27N3O4. The standard InChI is InChI=1S/C14H27N3O4/c1-9(2)7-17(8-10(3)4)14(21)16-11(13(19)20)5-6-12(15)18/h9-11H,5-8H2,1-4H3,(H2,15,18)(H,16,21)(H,19,20). The Morgan fingerprint density at radius 3 is 1.90 bits per heavy atom. The largest absolute Gasteiger partial charge is 0.480 e. The summed E-state index contributed by atoms with van der Waals surface area (Å²) >= 11 is 0. The predicted molar refractivity (Wildman–Crippen MR) is 79.6 cm³/mol. The molecule has 0 aromatic rings. The smallest absolute Gasteiger partial charge is 0.326 e. The maximum Gasteiger partial charge on any atom is 0.326 e. The normalized spacial score (nSPS) is 12.3. The Labute approximate surface area is 125 Å². The Bertz CT molecular complexity index is 359. The van der Waals surface area contributed by atoms with Gasteiger partial charge in [0.05, 0.1) is 0 Å². The predicted octanol–water partition coefficient (Wildman–Crippen LogP) is 1.03. The van der Waals surface area contributed by atoms with E-state index in [9.17, 15) is 14.4 Å². The van der Waals surface area contributed by atoms with Crippen molar-refractivity contribution in [3.05, 3.63) is 0 Å². The van der Waals surface area contributed by atoms with Crippen LogP contribution in [0.1, 0.15) is 40.5 Å². The fraction of sp³-hybridized carbons (Fsp3) is 0.786. The number of carboxylic acids is 1. The molecule has 0 aliphatic rings. The van der Waals surface area contributed by atoms with Crippen molar-refractivity contribution in [3.8, 4) is 0 Å². The summed E-state index contributed by atoms with van der Waals surface area (Å²) in [6, 6.07) is -1.53. The molecule has 0 saturated carbocycles. The van der Waals surface area contributed by atoms with Gasteiger partial charge in [-0.25, -0.2) is 9.59 Å². The van der Waals surface area contributed by atoms with Crippen LogP contribution in [0.3, 0.4) is 0 Å². The maximum atomic E-state index is 12.2. The first kappa shape index (κ1) is 19.2. The molecule has 1 atom stereocenters. The second-order valence-corrected chi connectivity index (χ2v) is 6.04. The monoisotopic (exact) mass is 301 g/mol. The molecule has 7 heteroatoms. The average Bonchev–Trinajstić information content (AvgIpc) is 2.31. The number of primary amides is 1. The van der Waals surface area contributed by atoms with Crippen molar-refractivity contribution in [1.82, 2.24) is 10.2 Å². The summed E-state index contributed by atoms with van der Waals surface area (Å²) in [4.78, 5) is 35.7. The third-order valence-corrected chi connectivity index (χ3v) is 2.73. The fourth-order valence-corrected chi connectivity index (χ4v) is 1.91. The molecule has 1 unspecified atom stereocenters. The van der Waals surface area contributed by atoms with E-state index < -0.39 is 23.9 Å². The molecule has 4 N–H and O–H groups in total. The number of aliphatic carboxylic acids is 1. The molecule has 0 bridgehead atoms. The number of hydrogen-bond acceptors (Lipinski definition) is 3. The number of hydrogen-bond donors (Lipinski definition) is 3. The van der Waals surface area contributed by atoms with E-state index >= 15 is 0 Å². The number of nitrogens with zero attached hydrogens (tertiary/aromatic N) is 1. The van der Waals surface area contributed by atoms with Crippen LogP contribution in [0.5, 0.6) is 0 Å². The highest BCUT2D eigenvalue weighted by atomic mass is 16.4. The number of amides is 3. The van der Waals surface area contributed by atoms with Crippen LogP contribution in [0.25, 0.3) is 0 Å². The maximum absolute atomic E-state index is 12.2. The zero-order valence-electron chi connectivity index (χ0n) is 13.3. The second-order valence-electron chi connectivity index (χ2n) is 6.04. The van der Waals surface area contributed by atoms with E-state index in [2.05, 4.69) is 5.32 Å². The molecule has 0 rings (SSSR count). The molecule has 0 aromatic carbocycles. The summed E-state index contributed by atoms with van der Waals surface area (Å²) in [6.45, 7) is 9.05. The first-order valence-electron chi connectivity index (χ1n) is 7.20. The summed E-state index contributed by atoms with van der Waals surface area (Å²) in [6.07, 6.45) is -0.0841. The molecular weight excluding hydrogens is 274 g/mol. The van der Waals surface area contributed by atoms with E-state index in [0.717, 1.165) is 0 Å². The van der Waals surface area contributed by atoms with E-state index in [4.69, 9.17) is 10.8 Å². The molecule has 3 amide bonds. The highest BCUT2D eigenvalue weighted by Gasteiger charge is 2.24. The van der Waals surface area contributed by atoms with Crippen LogP contribution in [0.4, 0.5) is 4.79 Å². The van der Waals surface area contributed by atoms with Gasteiger partial charge in [0.25, 0.3) is 0 Å². The lowest BCUT2D eigenvalue weighted by atomic mass is 10.1. The van der Waals surface area contributed by atoms with Gasteiger partial charge in [-0.2, -0.15) is 0 Å². The summed E-state index contributed by atoms with van der Waals surface area (Å²) in [7, 11) is 0. The van der Waals surface area contributed by atoms with Gasteiger partial charge in [0.2, 0.25) is 5.91 Å². The van der Waals surface area contributed by atoms with Crippen LogP contribution in [0.15, 0.2) is 0 Å². The second kappa shape index (κ2) is 9.20. The quantitative estimate of drug-likeness (QED) is 0.590. The van der Waals surface area contributed by atoms with Gasteiger partial charge in [-0.05, 0) is 18.3 Å². The van der Waals surface area contributed by atoms with Gasteiger partial charge in [-0.15, -0.1) is 0 Å². The van der Waals surface area contributed by atoms with Gasteiger partial charge in [-0.3, -0.25) is 4.79 Å². The Morgan fingerprint density at radius 1 is 1.10 bits per heavy atom. The molecule has 122 valence electrons. The van der Waals surface area contributed by atoms with Gasteiger partial charge < -0.3 is 21.1 Å². The average molecular weight is 301 g/mol. The number of urea groups is 1. The summed E-state index contributed by atoms with van der Waals surface area (Å²) in [5.74, 6) is -1.19. The summed E-state index contributed by atoms with van der Waals surface area (Å²) in [5, 5.41) is 11.6. The number of nitrogens with two attached hydrogens (primary N) is 1. The SMILES string of the molecule is CC(C)CN(CC(C)C)C(=O)NC(CCC(N)=O)C(=O)O. The van der Waals surface area contributed by atoms with Crippen molar-refractivity contribution < 1.29 is 19.5 Å². The van der Waals surface area contributed by atoms with Crippen LogP contribution < -0.4 is 11.1 Å². The Hall–Kier alpha value is -1.79. The molecule has 0 aliphatic heterocycles. The molecule has 0 saturated heterocycles. The van der Waals surface area contributed by atoms with Gasteiger partial charge in [-0.1, -0.05) is 27.7 Å². The summed E-state index contributed by atoms with van der Waals surface area (Å²) in [5.41, 5.74) is 5.01. The van der Waals surface area contributed by atoms with Crippen molar-refractivity contribution in [1.29, 1.82) is 0 Å². The minimum Gasteiger partial charge on any atom is -0.480 e. The lowest BCUT2D eigenvalue weighted by Gasteiger charge is -2.28. The topological polar surface area (TPSA) is 113 Å². The third-order valence-electron chi connectivity index (χ3n) is 2.73. The molecule has 0 radical (unpaired) electrons. The molecule has 7 nitrogen and oxygen atoms in total. The van der Waals surface area contributed by atoms with E-state index in [1.54, 1.807) is 4.90 Å². The zero-order chi connectivity index (χ0) is 16.6. The van der Waals surface area contributed by atoms with Crippen LogP contribution >= 0.6 is 0 Å². The molecule has 21 heavy (non-hydrogen) atoms. The van der Waals surface area contributed by atoms with Gasteiger partial charge in [0.15, 0.2) is 0 Å². The van der Waals surface area contributed by atoms with Crippen molar-refractivity contribution in [2.75, 3.05) is 13.1 Å². The number of carbonyl (C=O) groups is 3. The number of nitrogens with one attached hydrogen (secondary N) is 1. The Balaban J connectivity index is 4.73. The van der Waals surface area contributed by atoms with Crippen molar-refractivity contribution in [3.63, 3.8) is 0 Å². The van der Waals surface area contributed by atoms with Crippen molar-refractivity contribution >= 4 is 17.9 Å². The van der Waals surface area contributed by atoms with Crippen molar-refractivity contribution in [2.24, 2.45) is 17.6 Å². The number of carbonyl (C=O) groups excluding carboxylic acids is 2. The van der Waals surface area contributed by atoms with Crippen LogP contribution in [-0.2, 0) is 9.59 Å². The van der Waals surface area contributed by atoms with E-state index in [-0.39, 0.29) is 24.7 Å². The lowest BCUT2D eigenvalue weighted by molar-refractivity contribution is -0.139. The molecule has 0 heterocycles. The van der Waals surface area contributed by atoms with E-state index in [0.29, 0.717) is 13.1 Å². The molecule has 0 aromatic heterocycles. The Kier molecular flexibility index (Phi) is 8.42. The fourth-order valence-electron chi connectivity index (χ4n) is 1.91. The Morgan fingerprint density at radius 2 is 1.57 bits per heavy atom. The number of rotatable bonds is 9. The lowest BCUT2D eigenvalue weighted by Crippen LogP contribution is -2.50. The van der Waals surface area contributed by atoms with E-state index in [1.807, 2.05) is 27.7 Å². The van der Waals surface area contributed by atoms with Crippen LogP contribution in [0, 0.1) is 11.8 Å². The van der Waals surface area contributed by atoms with Crippen LogP contribution in [-0.4, -0.2) is 47.0 Å². The van der Waals surface area contributed by atoms with Gasteiger partial charge in [0.1, 0.15) is 6.04 Å². The van der Waals surface area contributed by atoms with E-state index in [1.165, 1.54) is 0 Å². The first-order valence-corrected chi connectivity index (χ1v) is 7.20.